The summed E-state index contributed by atoms with van der Waals surface area (Å²) in [7, 11) is 3.05. The molecule has 0 atom stereocenters. The van der Waals surface area contributed by atoms with Gasteiger partial charge in [0.25, 0.3) is 5.91 Å². The lowest BCUT2D eigenvalue weighted by molar-refractivity contribution is 0.0952. The number of hydrogen-bond donors (Lipinski definition) is 1. The number of carbonyl (C=O) groups excluding carboxylic acids is 1. The van der Waals surface area contributed by atoms with Gasteiger partial charge in [-0.15, -0.1) is 0 Å². The zero-order chi connectivity index (χ0) is 16.5. The van der Waals surface area contributed by atoms with Crippen LogP contribution in [-0.2, 0) is 0 Å². The first-order valence-electron chi connectivity index (χ1n) is 7.01. The van der Waals surface area contributed by atoms with Crippen LogP contribution in [-0.4, -0.2) is 26.3 Å². The summed E-state index contributed by atoms with van der Waals surface area (Å²) in [5.74, 6) is 0.693. The Morgan fingerprint density at radius 1 is 1.09 bits per heavy atom. The molecule has 5 nitrogen and oxygen atoms in total. The van der Waals surface area contributed by atoms with Crippen molar-refractivity contribution < 1.29 is 14.3 Å². The molecule has 0 radical (unpaired) electrons. The maximum atomic E-state index is 12.1. The highest BCUT2D eigenvalue weighted by Crippen LogP contribution is 2.24. The molecule has 0 spiro atoms. The van der Waals surface area contributed by atoms with Gasteiger partial charge in [0.2, 0.25) is 0 Å². The Hall–Kier alpha value is -3.08. The fraction of sp³-hybridized carbons (Fsp3) is 0.111. The molecule has 0 saturated heterocycles. The fourth-order valence-corrected chi connectivity index (χ4v) is 1.90. The molecule has 0 aromatic heterocycles. The molecule has 1 amide bonds. The van der Waals surface area contributed by atoms with Crippen molar-refractivity contribution in [2.75, 3.05) is 14.2 Å². The van der Waals surface area contributed by atoms with E-state index in [0.29, 0.717) is 17.1 Å². The smallest absolute Gasteiger partial charge is 0.275 e. The highest BCUT2D eigenvalue weighted by Gasteiger charge is 2.12. The molecule has 0 unspecified atom stereocenters. The first kappa shape index (κ1) is 16.3. The Kier molecular flexibility index (Phi) is 5.94. The maximum Gasteiger partial charge on any atom is 0.275 e. The molecular weight excluding hydrogens is 292 g/mol. The van der Waals surface area contributed by atoms with Crippen LogP contribution in [0.3, 0.4) is 0 Å². The number of nitrogens with one attached hydrogen (secondary N) is 1. The first-order valence-corrected chi connectivity index (χ1v) is 7.01. The minimum atomic E-state index is -0.353. The molecule has 0 bridgehead atoms. The molecule has 118 valence electrons. The van der Waals surface area contributed by atoms with Gasteiger partial charge in [0.05, 0.1) is 19.8 Å². The van der Waals surface area contributed by atoms with E-state index in [1.165, 1.54) is 13.3 Å². The van der Waals surface area contributed by atoms with Crippen molar-refractivity contribution >= 4 is 18.2 Å². The minimum Gasteiger partial charge on any atom is -0.497 e. The van der Waals surface area contributed by atoms with Gasteiger partial charge in [-0.25, -0.2) is 5.43 Å². The van der Waals surface area contributed by atoms with E-state index in [1.807, 2.05) is 36.4 Å². The lowest BCUT2D eigenvalue weighted by Gasteiger charge is -2.08. The van der Waals surface area contributed by atoms with E-state index in [0.717, 1.165) is 5.56 Å². The van der Waals surface area contributed by atoms with E-state index in [1.54, 1.807) is 31.4 Å². The number of hydrogen-bond acceptors (Lipinski definition) is 4. The molecule has 5 heteroatoms. The number of carbonyl (C=O) groups is 1. The van der Waals surface area contributed by atoms with Crippen LogP contribution in [0.1, 0.15) is 15.9 Å². The second kappa shape index (κ2) is 8.38. The lowest BCUT2D eigenvalue weighted by atomic mass is 10.2. The Balaban J connectivity index is 1.97. The van der Waals surface area contributed by atoms with Crippen LogP contribution in [0.5, 0.6) is 11.5 Å². The van der Waals surface area contributed by atoms with Crippen LogP contribution in [0.2, 0.25) is 0 Å². The summed E-state index contributed by atoms with van der Waals surface area (Å²) in [5, 5.41) is 3.88. The van der Waals surface area contributed by atoms with E-state index >= 15 is 0 Å². The monoisotopic (exact) mass is 310 g/mol. The van der Waals surface area contributed by atoms with Crippen molar-refractivity contribution in [2.45, 2.75) is 0 Å². The van der Waals surface area contributed by atoms with Gasteiger partial charge in [-0.3, -0.25) is 4.79 Å². The number of rotatable bonds is 6. The van der Waals surface area contributed by atoms with Gasteiger partial charge in [0, 0.05) is 12.3 Å². The highest BCUT2D eigenvalue weighted by molar-refractivity contribution is 5.97. The van der Waals surface area contributed by atoms with Gasteiger partial charge in [0.1, 0.15) is 11.5 Å². The SMILES string of the molecule is COc1ccc(C(=O)N/N=C/C=C/c2ccccc2)c(OC)c1. The average molecular weight is 310 g/mol. The van der Waals surface area contributed by atoms with Crippen LogP contribution in [0.15, 0.2) is 59.7 Å². The number of methoxy groups -OCH3 is 2. The molecule has 2 aromatic rings. The van der Waals surface area contributed by atoms with Crippen LogP contribution >= 0.6 is 0 Å². The van der Waals surface area contributed by atoms with Crippen LogP contribution < -0.4 is 14.9 Å². The number of allylic oxidation sites excluding steroid dienone is 1. The number of hydrazone groups is 1. The zero-order valence-electron chi connectivity index (χ0n) is 13.0. The molecule has 2 rings (SSSR count). The Morgan fingerprint density at radius 3 is 2.57 bits per heavy atom. The van der Waals surface area contributed by atoms with E-state index in [4.69, 9.17) is 9.47 Å². The van der Waals surface area contributed by atoms with Crippen LogP contribution in [0, 0.1) is 0 Å². The summed E-state index contributed by atoms with van der Waals surface area (Å²) < 4.78 is 10.3. The third kappa shape index (κ3) is 4.71. The molecule has 2 aromatic carbocycles. The molecule has 0 fully saturated rings. The van der Waals surface area contributed by atoms with Crippen molar-refractivity contribution in [1.82, 2.24) is 5.43 Å². The van der Waals surface area contributed by atoms with E-state index in [-0.39, 0.29) is 5.91 Å². The number of benzene rings is 2. The van der Waals surface area contributed by atoms with Crippen molar-refractivity contribution in [3.8, 4) is 11.5 Å². The molecule has 0 heterocycles. The quantitative estimate of drug-likeness (QED) is 0.658. The summed E-state index contributed by atoms with van der Waals surface area (Å²) in [6.45, 7) is 0. The standard InChI is InChI=1S/C18H18N2O3/c1-22-15-10-11-16(17(13-15)23-2)18(21)20-19-12-6-9-14-7-4-3-5-8-14/h3-13H,1-2H3,(H,20,21)/b9-6+,19-12+. The predicted molar refractivity (Wildman–Crippen MR) is 91.0 cm³/mol. The molecule has 0 saturated carbocycles. The highest BCUT2D eigenvalue weighted by atomic mass is 16.5. The van der Waals surface area contributed by atoms with E-state index < -0.39 is 0 Å². The average Bonchev–Trinajstić information content (AvgIpc) is 2.61. The van der Waals surface area contributed by atoms with Gasteiger partial charge in [0.15, 0.2) is 0 Å². The summed E-state index contributed by atoms with van der Waals surface area (Å²) >= 11 is 0. The largest absolute Gasteiger partial charge is 0.497 e. The third-order valence-corrected chi connectivity index (χ3v) is 3.07. The Labute approximate surface area is 135 Å². The van der Waals surface area contributed by atoms with Gasteiger partial charge in [-0.05, 0) is 23.8 Å². The molecule has 1 N–H and O–H groups in total. The van der Waals surface area contributed by atoms with Crippen molar-refractivity contribution in [3.05, 3.63) is 65.7 Å². The summed E-state index contributed by atoms with van der Waals surface area (Å²) in [5.41, 5.74) is 3.90. The fourth-order valence-electron chi connectivity index (χ4n) is 1.90. The molecule has 23 heavy (non-hydrogen) atoms. The molecule has 0 aliphatic carbocycles. The van der Waals surface area contributed by atoms with Crippen LogP contribution in [0.25, 0.3) is 6.08 Å². The zero-order valence-corrected chi connectivity index (χ0v) is 13.0. The lowest BCUT2D eigenvalue weighted by Crippen LogP contribution is -2.18. The van der Waals surface area contributed by atoms with Crippen molar-refractivity contribution in [1.29, 1.82) is 0 Å². The minimum absolute atomic E-state index is 0.353. The van der Waals surface area contributed by atoms with Gasteiger partial charge in [-0.1, -0.05) is 36.4 Å². The number of nitrogens with zero attached hydrogens (tertiary/aromatic N) is 1. The molecule has 0 aliphatic rings. The van der Waals surface area contributed by atoms with Gasteiger partial charge >= 0.3 is 0 Å². The summed E-state index contributed by atoms with van der Waals surface area (Å²) in [6, 6.07) is 14.8. The van der Waals surface area contributed by atoms with E-state index in [2.05, 4.69) is 10.5 Å². The van der Waals surface area contributed by atoms with Gasteiger partial charge < -0.3 is 9.47 Å². The maximum absolute atomic E-state index is 12.1. The third-order valence-electron chi connectivity index (χ3n) is 3.07. The summed E-state index contributed by atoms with van der Waals surface area (Å²) in [4.78, 5) is 12.1. The molecular formula is C18H18N2O3. The number of amides is 1. The Morgan fingerprint density at radius 2 is 1.87 bits per heavy atom. The Bertz CT molecular complexity index is 709. The normalized spacial score (nSPS) is 10.9. The topological polar surface area (TPSA) is 59.9 Å². The van der Waals surface area contributed by atoms with E-state index in [9.17, 15) is 4.79 Å². The molecule has 0 aliphatic heterocycles. The number of ether oxygens (including phenoxy) is 2. The van der Waals surface area contributed by atoms with Crippen LogP contribution in [0.4, 0.5) is 0 Å². The summed E-state index contributed by atoms with van der Waals surface area (Å²) in [6.07, 6.45) is 5.16. The second-order valence-corrected chi connectivity index (χ2v) is 4.56. The first-order chi connectivity index (χ1) is 11.2. The van der Waals surface area contributed by atoms with Crippen molar-refractivity contribution in [3.63, 3.8) is 0 Å². The predicted octanol–water partition coefficient (Wildman–Crippen LogP) is 3.13. The van der Waals surface area contributed by atoms with Gasteiger partial charge in [-0.2, -0.15) is 5.10 Å². The second-order valence-electron chi connectivity index (χ2n) is 4.56. The van der Waals surface area contributed by atoms with Crippen molar-refractivity contribution in [2.24, 2.45) is 5.10 Å².